The number of aromatic nitrogens is 3. The lowest BCUT2D eigenvalue weighted by molar-refractivity contribution is 0.0741. The van der Waals surface area contributed by atoms with Gasteiger partial charge < -0.3 is 14.4 Å². The molecule has 2 aromatic heterocycles. The molecular weight excluding hydrogens is 486 g/mol. The highest BCUT2D eigenvalue weighted by Crippen LogP contribution is 2.29. The summed E-state index contributed by atoms with van der Waals surface area (Å²) in [6.45, 7) is 4.50. The van der Waals surface area contributed by atoms with Crippen molar-refractivity contribution in [1.29, 1.82) is 0 Å². The molecule has 0 unspecified atom stereocenters. The maximum absolute atomic E-state index is 14.0. The summed E-state index contributed by atoms with van der Waals surface area (Å²) >= 11 is 6.05. The van der Waals surface area contributed by atoms with Crippen molar-refractivity contribution >= 4 is 45.0 Å². The van der Waals surface area contributed by atoms with E-state index < -0.39 is 0 Å². The van der Waals surface area contributed by atoms with Gasteiger partial charge in [0, 0.05) is 60.2 Å². The third-order valence-electron chi connectivity index (χ3n) is 7.18. The van der Waals surface area contributed by atoms with E-state index in [1.165, 1.54) is 4.68 Å². The van der Waals surface area contributed by atoms with E-state index >= 15 is 0 Å². The average Bonchev–Trinajstić information content (AvgIpc) is 3.23. The van der Waals surface area contributed by atoms with Gasteiger partial charge in [-0.3, -0.25) is 9.59 Å². The van der Waals surface area contributed by atoms with Crippen LogP contribution in [0.5, 0.6) is 0 Å². The van der Waals surface area contributed by atoms with E-state index in [-0.39, 0.29) is 11.5 Å². The summed E-state index contributed by atoms with van der Waals surface area (Å²) in [5.41, 5.74) is 4.20. The summed E-state index contributed by atoms with van der Waals surface area (Å²) in [7, 11) is 1.87. The lowest BCUT2D eigenvalue weighted by atomic mass is 10.1. The fraction of sp³-hybridized carbons (Fsp3) is 0.207. The highest BCUT2D eigenvalue weighted by atomic mass is 35.5. The zero-order valence-electron chi connectivity index (χ0n) is 20.7. The molecule has 0 N–H and O–H groups in total. The number of carbonyl (C=O) groups is 1. The van der Waals surface area contributed by atoms with Crippen LogP contribution in [-0.2, 0) is 7.05 Å². The van der Waals surface area contributed by atoms with Crippen molar-refractivity contribution in [3.8, 4) is 5.69 Å². The van der Waals surface area contributed by atoms with Gasteiger partial charge in [-0.15, -0.1) is 0 Å². The fourth-order valence-corrected chi connectivity index (χ4v) is 5.29. The summed E-state index contributed by atoms with van der Waals surface area (Å²) in [5.74, 6) is -0.169. The molecule has 0 saturated carbocycles. The number of hydrogen-bond donors (Lipinski definition) is 0. The van der Waals surface area contributed by atoms with Gasteiger partial charge in [0.2, 0.25) is 0 Å². The zero-order valence-corrected chi connectivity index (χ0v) is 21.4. The Morgan fingerprint density at radius 1 is 0.865 bits per heavy atom. The van der Waals surface area contributed by atoms with Crippen molar-refractivity contribution in [2.24, 2.45) is 7.05 Å². The number of amides is 1. The molecule has 0 spiro atoms. The predicted molar refractivity (Wildman–Crippen MR) is 148 cm³/mol. The minimum absolute atomic E-state index is 0.169. The molecule has 1 amide bonds. The quantitative estimate of drug-likeness (QED) is 0.349. The van der Waals surface area contributed by atoms with Crippen LogP contribution in [0.4, 0.5) is 5.69 Å². The van der Waals surface area contributed by atoms with E-state index in [1.54, 1.807) is 0 Å². The molecule has 8 heteroatoms. The maximum Gasteiger partial charge on any atom is 0.296 e. The average molecular weight is 512 g/mol. The molecule has 5 aromatic rings. The van der Waals surface area contributed by atoms with Gasteiger partial charge in [0.25, 0.3) is 11.5 Å². The standard InChI is InChI=1S/C29H26ClN5O2/c1-19-7-11-22(12-8-19)35-29(37)27-25(23-5-3-4-6-24(23)32(27)2)26(31-35)28(36)34-17-15-33(16-18-34)21-13-9-20(30)10-14-21/h3-14H,15-18H2,1-2H3. The Morgan fingerprint density at radius 2 is 1.51 bits per heavy atom. The van der Waals surface area contributed by atoms with Crippen molar-refractivity contribution in [2.75, 3.05) is 31.1 Å². The fourth-order valence-electron chi connectivity index (χ4n) is 5.16. The molecule has 0 aliphatic carbocycles. The molecule has 1 saturated heterocycles. The molecule has 0 bridgehead atoms. The topological polar surface area (TPSA) is 63.4 Å². The molecule has 3 aromatic carbocycles. The van der Waals surface area contributed by atoms with E-state index in [0.717, 1.165) is 22.2 Å². The third-order valence-corrected chi connectivity index (χ3v) is 7.43. The molecule has 3 heterocycles. The largest absolute Gasteiger partial charge is 0.368 e. The molecule has 1 aliphatic heterocycles. The summed E-state index contributed by atoms with van der Waals surface area (Å²) < 4.78 is 3.23. The lowest BCUT2D eigenvalue weighted by Crippen LogP contribution is -2.49. The second kappa shape index (κ2) is 9.09. The Morgan fingerprint density at radius 3 is 2.22 bits per heavy atom. The van der Waals surface area contributed by atoms with E-state index in [1.807, 2.05) is 96.2 Å². The summed E-state index contributed by atoms with van der Waals surface area (Å²) in [6.07, 6.45) is 0. The van der Waals surface area contributed by atoms with Gasteiger partial charge in [0.05, 0.1) is 5.69 Å². The maximum atomic E-state index is 14.0. The first-order valence-corrected chi connectivity index (χ1v) is 12.7. The van der Waals surface area contributed by atoms with Crippen LogP contribution in [0.1, 0.15) is 16.1 Å². The van der Waals surface area contributed by atoms with Crippen LogP contribution in [0.3, 0.4) is 0 Å². The minimum Gasteiger partial charge on any atom is -0.368 e. The summed E-state index contributed by atoms with van der Waals surface area (Å²) in [6, 6.07) is 23.1. The van der Waals surface area contributed by atoms with Crippen molar-refractivity contribution in [2.45, 2.75) is 6.92 Å². The number of hydrogen-bond acceptors (Lipinski definition) is 4. The smallest absolute Gasteiger partial charge is 0.296 e. The number of fused-ring (bicyclic) bond motifs is 3. The number of carbonyl (C=O) groups excluding carboxylic acids is 1. The molecule has 7 nitrogen and oxygen atoms in total. The van der Waals surface area contributed by atoms with Crippen molar-refractivity contribution < 1.29 is 4.79 Å². The first-order valence-electron chi connectivity index (χ1n) is 12.3. The van der Waals surface area contributed by atoms with Gasteiger partial charge >= 0.3 is 0 Å². The summed E-state index contributed by atoms with van der Waals surface area (Å²) in [5, 5.41) is 6.86. The first-order chi connectivity index (χ1) is 17.9. The molecule has 6 rings (SSSR count). The summed E-state index contributed by atoms with van der Waals surface area (Å²) in [4.78, 5) is 31.8. The second-order valence-electron chi connectivity index (χ2n) is 9.46. The Balaban J connectivity index is 1.44. The van der Waals surface area contributed by atoms with Crippen molar-refractivity contribution in [1.82, 2.24) is 19.2 Å². The SMILES string of the molecule is Cc1ccc(-n2nc(C(=O)N3CCN(c4ccc(Cl)cc4)CC3)c3c4ccccc4n(C)c3c2=O)cc1. The number of anilines is 1. The lowest BCUT2D eigenvalue weighted by Gasteiger charge is -2.36. The number of para-hydroxylation sites is 1. The van der Waals surface area contributed by atoms with Gasteiger partial charge in [-0.25, -0.2) is 0 Å². The van der Waals surface area contributed by atoms with Crippen LogP contribution < -0.4 is 10.5 Å². The highest BCUT2D eigenvalue weighted by Gasteiger charge is 2.29. The van der Waals surface area contributed by atoms with Crippen LogP contribution in [0.25, 0.3) is 27.5 Å². The van der Waals surface area contributed by atoms with E-state index in [0.29, 0.717) is 53.5 Å². The molecule has 0 radical (unpaired) electrons. The first kappa shape index (κ1) is 23.3. The number of benzene rings is 3. The highest BCUT2D eigenvalue weighted by molar-refractivity contribution is 6.30. The van der Waals surface area contributed by atoms with Crippen LogP contribution in [0.15, 0.2) is 77.6 Å². The normalized spacial score (nSPS) is 14.0. The second-order valence-corrected chi connectivity index (χ2v) is 9.89. The number of halogens is 1. The van der Waals surface area contributed by atoms with E-state index in [9.17, 15) is 9.59 Å². The third kappa shape index (κ3) is 3.96. The van der Waals surface area contributed by atoms with Gasteiger partial charge in [0.1, 0.15) is 5.52 Å². The molecular formula is C29H26ClN5O2. The molecule has 1 fully saturated rings. The number of nitrogens with zero attached hydrogens (tertiary/aromatic N) is 5. The van der Waals surface area contributed by atoms with Gasteiger partial charge in [-0.2, -0.15) is 9.78 Å². The molecule has 1 aliphatic rings. The zero-order chi connectivity index (χ0) is 25.7. The van der Waals surface area contributed by atoms with E-state index in [2.05, 4.69) is 4.90 Å². The molecule has 37 heavy (non-hydrogen) atoms. The van der Waals surface area contributed by atoms with Crippen LogP contribution in [0, 0.1) is 6.92 Å². The minimum atomic E-state index is -0.248. The number of piperazine rings is 1. The Labute approximate surface area is 219 Å². The van der Waals surface area contributed by atoms with Crippen LogP contribution in [-0.4, -0.2) is 51.3 Å². The Kier molecular flexibility index (Phi) is 5.72. The van der Waals surface area contributed by atoms with E-state index in [4.69, 9.17) is 16.7 Å². The van der Waals surface area contributed by atoms with Crippen molar-refractivity contribution in [3.63, 3.8) is 0 Å². The van der Waals surface area contributed by atoms with Crippen LogP contribution >= 0.6 is 11.6 Å². The van der Waals surface area contributed by atoms with Crippen LogP contribution in [0.2, 0.25) is 5.02 Å². The van der Waals surface area contributed by atoms with Gasteiger partial charge in [-0.1, -0.05) is 47.5 Å². The Hall–Kier alpha value is -4.10. The van der Waals surface area contributed by atoms with Gasteiger partial charge in [0.15, 0.2) is 5.69 Å². The predicted octanol–water partition coefficient (Wildman–Crippen LogP) is 4.80. The Bertz CT molecular complexity index is 1700. The van der Waals surface area contributed by atoms with Crippen molar-refractivity contribution in [3.05, 3.63) is 99.4 Å². The number of aryl methyl sites for hydroxylation is 2. The molecule has 0 atom stereocenters. The van der Waals surface area contributed by atoms with Gasteiger partial charge in [-0.05, 0) is 49.4 Å². The molecule has 186 valence electrons. The number of rotatable bonds is 3. The monoisotopic (exact) mass is 511 g/mol.